The topological polar surface area (TPSA) is 54.9 Å². The van der Waals surface area contributed by atoms with E-state index < -0.39 is 6.36 Å². The monoisotopic (exact) mass is 397 g/mol. The number of aliphatic imine (C=N–C) groups is 1. The van der Waals surface area contributed by atoms with Crippen molar-refractivity contribution in [3.63, 3.8) is 0 Å². The summed E-state index contributed by atoms with van der Waals surface area (Å²) in [6.07, 6.45) is -2.64. The number of rotatable bonds is 4. The summed E-state index contributed by atoms with van der Waals surface area (Å²) >= 11 is 0. The van der Waals surface area contributed by atoms with Gasteiger partial charge >= 0.3 is 6.36 Å². The van der Waals surface area contributed by atoms with Crippen molar-refractivity contribution >= 4 is 5.96 Å². The molecule has 1 heterocycles. The van der Waals surface area contributed by atoms with Gasteiger partial charge in [0.1, 0.15) is 5.75 Å². The first-order valence-electron chi connectivity index (χ1n) is 9.67. The molecule has 0 spiro atoms. The van der Waals surface area contributed by atoms with Crippen molar-refractivity contribution in [1.82, 2.24) is 10.6 Å². The lowest BCUT2D eigenvalue weighted by atomic mass is 9.57. The highest BCUT2D eigenvalue weighted by molar-refractivity contribution is 5.81. The first-order valence-corrected chi connectivity index (χ1v) is 9.67. The summed E-state index contributed by atoms with van der Waals surface area (Å²) in [6, 6.07) is 6.64. The summed E-state index contributed by atoms with van der Waals surface area (Å²) in [7, 11) is 1.71. The van der Waals surface area contributed by atoms with Crippen LogP contribution in [0.3, 0.4) is 0 Å². The Bertz CT molecular complexity index is 765. The zero-order valence-corrected chi connectivity index (χ0v) is 16.2. The SMILES string of the molecule is CN=C(NC1CC1c1ccccc1OC(F)(F)F)NC1C2CCOC2C1(C)C. The molecule has 0 radical (unpaired) electrons. The van der Waals surface area contributed by atoms with Gasteiger partial charge in [0.05, 0.1) is 6.10 Å². The Morgan fingerprint density at radius 1 is 1.25 bits per heavy atom. The molecule has 1 aromatic rings. The average Bonchev–Trinajstić information content (AvgIpc) is 3.22. The van der Waals surface area contributed by atoms with E-state index in [1.165, 1.54) is 6.07 Å². The number of para-hydroxylation sites is 1. The van der Waals surface area contributed by atoms with Crippen LogP contribution in [0.25, 0.3) is 0 Å². The quantitative estimate of drug-likeness (QED) is 0.604. The molecule has 1 aliphatic heterocycles. The Hall–Kier alpha value is -1.96. The maximum Gasteiger partial charge on any atom is 0.573 e. The molecule has 5 atom stereocenters. The van der Waals surface area contributed by atoms with Gasteiger partial charge in [0, 0.05) is 43.0 Å². The van der Waals surface area contributed by atoms with E-state index >= 15 is 0 Å². The fraction of sp³-hybridized carbons (Fsp3) is 0.650. The van der Waals surface area contributed by atoms with E-state index in [1.807, 2.05) is 0 Å². The van der Waals surface area contributed by atoms with Crippen LogP contribution in [0.5, 0.6) is 5.75 Å². The molecular formula is C20H26F3N3O2. The first-order chi connectivity index (χ1) is 13.2. The first kappa shape index (κ1) is 19.4. The molecule has 2 N–H and O–H groups in total. The number of nitrogens with one attached hydrogen (secondary N) is 2. The third-order valence-electron chi connectivity index (χ3n) is 6.27. The maximum atomic E-state index is 12.7. The summed E-state index contributed by atoms with van der Waals surface area (Å²) in [6.45, 7) is 5.17. The molecular weight excluding hydrogens is 371 g/mol. The van der Waals surface area contributed by atoms with Crippen LogP contribution in [-0.4, -0.2) is 44.2 Å². The van der Waals surface area contributed by atoms with E-state index in [-0.39, 0.29) is 35.3 Å². The Kier molecular flexibility index (Phi) is 4.72. The molecule has 2 aliphatic carbocycles. The van der Waals surface area contributed by atoms with Gasteiger partial charge in [-0.25, -0.2) is 0 Å². The molecule has 0 amide bonds. The van der Waals surface area contributed by atoms with E-state index in [4.69, 9.17) is 4.74 Å². The van der Waals surface area contributed by atoms with Gasteiger partial charge in [-0.15, -0.1) is 13.2 Å². The van der Waals surface area contributed by atoms with Gasteiger partial charge in [0.15, 0.2) is 5.96 Å². The number of nitrogens with zero attached hydrogens (tertiary/aromatic N) is 1. The van der Waals surface area contributed by atoms with Crippen molar-refractivity contribution in [2.45, 2.75) is 57.2 Å². The molecule has 1 saturated heterocycles. The van der Waals surface area contributed by atoms with Gasteiger partial charge < -0.3 is 20.1 Å². The third-order valence-corrected chi connectivity index (χ3v) is 6.27. The Labute approximate surface area is 162 Å². The second-order valence-corrected chi connectivity index (χ2v) is 8.44. The van der Waals surface area contributed by atoms with Gasteiger partial charge in [-0.05, 0) is 24.5 Å². The van der Waals surface area contributed by atoms with Crippen molar-refractivity contribution in [1.29, 1.82) is 0 Å². The molecule has 0 aromatic heterocycles. The fourth-order valence-corrected chi connectivity index (χ4v) is 4.81. The lowest BCUT2D eigenvalue weighted by Crippen LogP contribution is -2.68. The molecule has 5 nitrogen and oxygen atoms in total. The number of fused-ring (bicyclic) bond motifs is 1. The number of ether oxygens (including phenoxy) is 2. The number of halogens is 3. The highest BCUT2D eigenvalue weighted by Crippen LogP contribution is 2.52. The van der Waals surface area contributed by atoms with Gasteiger partial charge in [-0.1, -0.05) is 32.0 Å². The van der Waals surface area contributed by atoms with E-state index in [1.54, 1.807) is 25.2 Å². The van der Waals surface area contributed by atoms with Crippen LogP contribution in [-0.2, 0) is 4.74 Å². The van der Waals surface area contributed by atoms with Crippen molar-refractivity contribution in [2.24, 2.45) is 16.3 Å². The summed E-state index contributed by atoms with van der Waals surface area (Å²) in [5.74, 6) is 1.00. The molecule has 4 rings (SSSR count). The lowest BCUT2D eigenvalue weighted by molar-refractivity contribution is -0.274. The minimum absolute atomic E-state index is 0.0227. The average molecular weight is 397 g/mol. The Balaban J connectivity index is 1.39. The van der Waals surface area contributed by atoms with Crippen LogP contribution < -0.4 is 15.4 Å². The minimum Gasteiger partial charge on any atom is -0.405 e. The van der Waals surface area contributed by atoms with Gasteiger partial charge in [0.25, 0.3) is 0 Å². The number of alkyl halides is 3. The smallest absolute Gasteiger partial charge is 0.405 e. The van der Waals surface area contributed by atoms with E-state index in [0.717, 1.165) is 19.4 Å². The van der Waals surface area contributed by atoms with Gasteiger partial charge in [-0.3, -0.25) is 4.99 Å². The highest BCUT2D eigenvalue weighted by atomic mass is 19.4. The fourth-order valence-electron chi connectivity index (χ4n) is 4.81. The summed E-state index contributed by atoms with van der Waals surface area (Å²) < 4.78 is 48.0. The number of benzene rings is 1. The molecule has 2 saturated carbocycles. The zero-order valence-electron chi connectivity index (χ0n) is 16.2. The van der Waals surface area contributed by atoms with Crippen molar-refractivity contribution in [3.05, 3.63) is 29.8 Å². The summed E-state index contributed by atoms with van der Waals surface area (Å²) in [4.78, 5) is 4.32. The van der Waals surface area contributed by atoms with Gasteiger partial charge in [-0.2, -0.15) is 0 Å². The van der Waals surface area contributed by atoms with E-state index in [2.05, 4.69) is 34.2 Å². The predicted molar refractivity (Wildman–Crippen MR) is 99.3 cm³/mol. The molecule has 28 heavy (non-hydrogen) atoms. The summed E-state index contributed by atoms with van der Waals surface area (Å²) in [5, 5.41) is 6.87. The van der Waals surface area contributed by atoms with Crippen molar-refractivity contribution in [2.75, 3.05) is 13.7 Å². The zero-order chi connectivity index (χ0) is 20.1. The molecule has 3 fully saturated rings. The van der Waals surface area contributed by atoms with Crippen LogP contribution in [0.1, 0.15) is 38.2 Å². The van der Waals surface area contributed by atoms with Crippen molar-refractivity contribution < 1.29 is 22.6 Å². The number of hydrogen-bond donors (Lipinski definition) is 2. The minimum atomic E-state index is -4.69. The highest BCUT2D eigenvalue weighted by Gasteiger charge is 2.59. The van der Waals surface area contributed by atoms with E-state index in [0.29, 0.717) is 17.4 Å². The normalized spacial score (nSPS) is 33.6. The second kappa shape index (κ2) is 6.83. The number of guanidine groups is 1. The van der Waals surface area contributed by atoms with Crippen LogP contribution in [0, 0.1) is 11.3 Å². The predicted octanol–water partition coefficient (Wildman–Crippen LogP) is 3.42. The molecule has 154 valence electrons. The molecule has 0 bridgehead atoms. The largest absolute Gasteiger partial charge is 0.573 e. The van der Waals surface area contributed by atoms with Crippen LogP contribution >= 0.6 is 0 Å². The molecule has 3 aliphatic rings. The number of hydrogen-bond acceptors (Lipinski definition) is 3. The van der Waals surface area contributed by atoms with Crippen LogP contribution in [0.15, 0.2) is 29.3 Å². The standard InChI is InChI=1S/C20H26F3N3O2/c1-19(2)16(12-8-9-27-17(12)19)26-18(24-3)25-14-10-13(14)11-6-4-5-7-15(11)28-20(21,22)23/h4-7,12-14,16-17H,8-10H2,1-3H3,(H2,24,25,26). The molecule has 8 heteroatoms. The van der Waals surface area contributed by atoms with Gasteiger partial charge in [0.2, 0.25) is 0 Å². The van der Waals surface area contributed by atoms with E-state index in [9.17, 15) is 13.2 Å². The maximum absolute atomic E-state index is 12.7. The van der Waals surface area contributed by atoms with Crippen molar-refractivity contribution in [3.8, 4) is 5.75 Å². The van der Waals surface area contributed by atoms with Crippen LogP contribution in [0.4, 0.5) is 13.2 Å². The molecule has 1 aromatic carbocycles. The second-order valence-electron chi connectivity index (χ2n) is 8.44. The third kappa shape index (κ3) is 3.54. The van der Waals surface area contributed by atoms with Crippen LogP contribution in [0.2, 0.25) is 0 Å². The lowest BCUT2D eigenvalue weighted by Gasteiger charge is -2.54. The Morgan fingerprint density at radius 2 is 2.00 bits per heavy atom. The molecule has 5 unspecified atom stereocenters. The summed E-state index contributed by atoms with van der Waals surface area (Å²) in [5.41, 5.74) is 0.593. The Morgan fingerprint density at radius 3 is 2.71 bits per heavy atom.